The summed E-state index contributed by atoms with van der Waals surface area (Å²) < 4.78 is 0. The van der Waals surface area contributed by atoms with Gasteiger partial charge in [-0.15, -0.1) is 0 Å². The molecule has 0 radical (unpaired) electrons. The van der Waals surface area contributed by atoms with Gasteiger partial charge in [-0.2, -0.15) is 0 Å². The van der Waals surface area contributed by atoms with Gasteiger partial charge in [-0.25, -0.2) is 4.79 Å². The Morgan fingerprint density at radius 3 is 2.67 bits per heavy atom. The number of carbonyl (C=O) groups excluding carboxylic acids is 2. The third-order valence-corrected chi connectivity index (χ3v) is 4.25. The van der Waals surface area contributed by atoms with E-state index in [1.807, 2.05) is 13.8 Å². The predicted molar refractivity (Wildman–Crippen MR) is 89.9 cm³/mol. The van der Waals surface area contributed by atoms with Crippen LogP contribution in [0, 0.1) is 11.8 Å². The second-order valence-electron chi connectivity index (χ2n) is 6.55. The molecule has 1 aromatic carbocycles. The maximum Gasteiger partial charge on any atom is 0.335 e. The van der Waals surface area contributed by atoms with E-state index in [9.17, 15) is 14.4 Å². The van der Waals surface area contributed by atoms with Crippen molar-refractivity contribution in [3.8, 4) is 0 Å². The van der Waals surface area contributed by atoms with E-state index in [4.69, 9.17) is 5.11 Å². The van der Waals surface area contributed by atoms with E-state index in [1.54, 1.807) is 17.0 Å². The van der Waals surface area contributed by atoms with Gasteiger partial charge in [-0.1, -0.05) is 19.9 Å². The highest BCUT2D eigenvalue weighted by Crippen LogP contribution is 2.19. The SMILES string of the molecule is CC(C)C(=O)NCC1CCCN(C(=O)c2cccc(C(=O)O)c2)C1. The summed E-state index contributed by atoms with van der Waals surface area (Å²) in [6.07, 6.45) is 1.85. The van der Waals surface area contributed by atoms with Crippen LogP contribution < -0.4 is 5.32 Å². The van der Waals surface area contributed by atoms with Gasteiger partial charge in [0.25, 0.3) is 5.91 Å². The number of piperidine rings is 1. The zero-order valence-electron chi connectivity index (χ0n) is 14.1. The third-order valence-electron chi connectivity index (χ3n) is 4.25. The molecule has 2 amide bonds. The van der Waals surface area contributed by atoms with Crippen LogP contribution >= 0.6 is 0 Å². The number of amides is 2. The smallest absolute Gasteiger partial charge is 0.335 e. The Morgan fingerprint density at radius 1 is 1.29 bits per heavy atom. The minimum absolute atomic E-state index is 0.0209. The summed E-state index contributed by atoms with van der Waals surface area (Å²) in [5.41, 5.74) is 0.500. The standard InChI is InChI=1S/C18H24N2O4/c1-12(2)16(21)19-10-13-5-4-8-20(11-13)17(22)14-6-3-7-15(9-14)18(23)24/h3,6-7,9,12-13H,4-5,8,10-11H2,1-2H3,(H,19,21)(H,23,24). The Kier molecular flexibility index (Phi) is 5.95. The van der Waals surface area contributed by atoms with E-state index in [1.165, 1.54) is 12.1 Å². The molecule has 1 fully saturated rings. The molecule has 24 heavy (non-hydrogen) atoms. The first kappa shape index (κ1) is 18.0. The highest BCUT2D eigenvalue weighted by Gasteiger charge is 2.25. The monoisotopic (exact) mass is 332 g/mol. The summed E-state index contributed by atoms with van der Waals surface area (Å²) in [6, 6.07) is 6.11. The lowest BCUT2D eigenvalue weighted by molar-refractivity contribution is -0.124. The van der Waals surface area contributed by atoms with Crippen LogP contribution in [-0.2, 0) is 4.79 Å². The molecule has 1 heterocycles. The number of aromatic carboxylic acids is 1. The Morgan fingerprint density at radius 2 is 2.00 bits per heavy atom. The average molecular weight is 332 g/mol. The number of nitrogens with one attached hydrogen (secondary N) is 1. The maximum atomic E-state index is 12.6. The number of likely N-dealkylation sites (tertiary alicyclic amines) is 1. The number of carboxylic acids is 1. The average Bonchev–Trinajstić information content (AvgIpc) is 2.59. The fourth-order valence-corrected chi connectivity index (χ4v) is 2.83. The first-order valence-corrected chi connectivity index (χ1v) is 8.29. The lowest BCUT2D eigenvalue weighted by Gasteiger charge is -2.33. The molecule has 2 rings (SSSR count). The molecule has 1 atom stereocenters. The Labute approximate surface area is 141 Å². The van der Waals surface area contributed by atoms with Gasteiger partial charge < -0.3 is 15.3 Å². The second kappa shape index (κ2) is 7.95. The topological polar surface area (TPSA) is 86.7 Å². The molecule has 0 saturated carbocycles. The minimum atomic E-state index is -1.04. The number of carboxylic acid groups (broad SMARTS) is 1. The van der Waals surface area contributed by atoms with Gasteiger partial charge >= 0.3 is 5.97 Å². The lowest BCUT2D eigenvalue weighted by atomic mass is 9.97. The van der Waals surface area contributed by atoms with Gasteiger partial charge in [-0.05, 0) is 37.0 Å². The molecule has 6 heteroatoms. The van der Waals surface area contributed by atoms with Crippen LogP contribution in [0.4, 0.5) is 0 Å². The van der Waals surface area contributed by atoms with Crippen LogP contribution in [0.1, 0.15) is 47.4 Å². The van der Waals surface area contributed by atoms with Gasteiger partial charge in [0.15, 0.2) is 0 Å². The van der Waals surface area contributed by atoms with Crippen LogP contribution in [-0.4, -0.2) is 47.4 Å². The van der Waals surface area contributed by atoms with E-state index >= 15 is 0 Å². The van der Waals surface area contributed by atoms with Crippen LogP contribution in [0.2, 0.25) is 0 Å². The van der Waals surface area contributed by atoms with E-state index < -0.39 is 5.97 Å². The molecule has 0 aromatic heterocycles. The summed E-state index contributed by atoms with van der Waals surface area (Å²) in [6.45, 7) is 5.50. The summed E-state index contributed by atoms with van der Waals surface area (Å²) in [4.78, 5) is 37.1. The van der Waals surface area contributed by atoms with Crippen molar-refractivity contribution >= 4 is 17.8 Å². The first-order chi connectivity index (χ1) is 11.4. The van der Waals surface area contributed by atoms with Crippen LogP contribution in [0.25, 0.3) is 0 Å². The van der Waals surface area contributed by atoms with Crippen molar-refractivity contribution in [2.75, 3.05) is 19.6 Å². The van der Waals surface area contributed by atoms with Gasteiger partial charge in [-0.3, -0.25) is 9.59 Å². The number of carbonyl (C=O) groups is 3. The number of hydrogen-bond acceptors (Lipinski definition) is 3. The molecule has 1 aliphatic heterocycles. The molecule has 0 spiro atoms. The van der Waals surface area contributed by atoms with E-state index in [0.717, 1.165) is 12.8 Å². The van der Waals surface area contributed by atoms with Crippen molar-refractivity contribution in [3.05, 3.63) is 35.4 Å². The number of benzene rings is 1. The van der Waals surface area contributed by atoms with Crippen molar-refractivity contribution in [2.45, 2.75) is 26.7 Å². The Balaban J connectivity index is 1.98. The summed E-state index contributed by atoms with van der Waals surface area (Å²) in [5, 5.41) is 12.0. The van der Waals surface area contributed by atoms with Crippen molar-refractivity contribution in [1.29, 1.82) is 0 Å². The Hall–Kier alpha value is -2.37. The molecule has 6 nitrogen and oxygen atoms in total. The van der Waals surface area contributed by atoms with Crippen molar-refractivity contribution in [1.82, 2.24) is 10.2 Å². The zero-order valence-corrected chi connectivity index (χ0v) is 14.1. The lowest BCUT2D eigenvalue weighted by Crippen LogP contribution is -2.44. The number of nitrogens with zero attached hydrogens (tertiary/aromatic N) is 1. The first-order valence-electron chi connectivity index (χ1n) is 8.29. The zero-order chi connectivity index (χ0) is 17.7. The van der Waals surface area contributed by atoms with Gasteiger partial charge in [0.2, 0.25) is 5.91 Å². The molecule has 1 unspecified atom stereocenters. The van der Waals surface area contributed by atoms with E-state index in [2.05, 4.69) is 5.32 Å². The molecular formula is C18H24N2O4. The maximum absolute atomic E-state index is 12.6. The van der Waals surface area contributed by atoms with Crippen LogP contribution in [0.3, 0.4) is 0 Å². The predicted octanol–water partition coefficient (Wildman–Crippen LogP) is 2.01. The largest absolute Gasteiger partial charge is 0.478 e. The number of rotatable bonds is 5. The fourth-order valence-electron chi connectivity index (χ4n) is 2.83. The van der Waals surface area contributed by atoms with Crippen LogP contribution in [0.5, 0.6) is 0 Å². The van der Waals surface area contributed by atoms with Gasteiger partial charge in [0, 0.05) is 31.1 Å². The van der Waals surface area contributed by atoms with Crippen molar-refractivity contribution < 1.29 is 19.5 Å². The van der Waals surface area contributed by atoms with Crippen molar-refractivity contribution in [3.63, 3.8) is 0 Å². The summed E-state index contributed by atoms with van der Waals surface area (Å²) in [5.74, 6) is -0.999. The summed E-state index contributed by atoms with van der Waals surface area (Å²) in [7, 11) is 0. The molecule has 0 aliphatic carbocycles. The molecule has 1 aliphatic rings. The minimum Gasteiger partial charge on any atom is -0.478 e. The molecule has 1 aromatic rings. The number of hydrogen-bond donors (Lipinski definition) is 2. The Bertz CT molecular complexity index is 627. The molecule has 130 valence electrons. The van der Waals surface area contributed by atoms with Gasteiger partial charge in [0.05, 0.1) is 5.56 Å². The highest BCUT2D eigenvalue weighted by molar-refractivity contribution is 5.97. The molecule has 1 saturated heterocycles. The molecule has 2 N–H and O–H groups in total. The fraction of sp³-hybridized carbons (Fsp3) is 0.500. The summed E-state index contributed by atoms with van der Waals surface area (Å²) >= 11 is 0. The van der Waals surface area contributed by atoms with E-state index in [0.29, 0.717) is 25.2 Å². The highest BCUT2D eigenvalue weighted by atomic mass is 16.4. The normalized spacial score (nSPS) is 17.6. The quantitative estimate of drug-likeness (QED) is 0.863. The van der Waals surface area contributed by atoms with E-state index in [-0.39, 0.29) is 29.2 Å². The molecule has 0 bridgehead atoms. The van der Waals surface area contributed by atoms with Crippen LogP contribution in [0.15, 0.2) is 24.3 Å². The third kappa shape index (κ3) is 4.57. The van der Waals surface area contributed by atoms with Gasteiger partial charge in [0.1, 0.15) is 0 Å². The molecular weight excluding hydrogens is 308 g/mol. The van der Waals surface area contributed by atoms with Crippen molar-refractivity contribution in [2.24, 2.45) is 11.8 Å². The second-order valence-corrected chi connectivity index (χ2v) is 6.55.